The topological polar surface area (TPSA) is 50.4 Å². The second-order valence-electron chi connectivity index (χ2n) is 5.87. The van der Waals surface area contributed by atoms with Crippen molar-refractivity contribution >= 4 is 11.6 Å². The lowest BCUT2D eigenvalue weighted by Gasteiger charge is -2.23. The Bertz CT molecular complexity index is 425. The molecule has 0 aliphatic carbocycles. The lowest BCUT2D eigenvalue weighted by atomic mass is 9.86. The summed E-state index contributed by atoms with van der Waals surface area (Å²) >= 11 is 0. The Balaban J connectivity index is 2.50. The Hall–Kier alpha value is -1.39. The molecule has 1 amide bonds. The van der Waals surface area contributed by atoms with Gasteiger partial charge in [-0.15, -0.1) is 0 Å². The second-order valence-corrected chi connectivity index (χ2v) is 5.87. The first kappa shape index (κ1) is 16.7. The maximum atomic E-state index is 11.9. The third-order valence-corrected chi connectivity index (χ3v) is 3.00. The maximum absolute atomic E-state index is 11.9. The third kappa shape index (κ3) is 5.72. The van der Waals surface area contributed by atoms with Gasteiger partial charge in [0.05, 0.1) is 6.54 Å². The number of ether oxygens (including phenoxy) is 1. The lowest BCUT2D eigenvalue weighted by Crippen LogP contribution is -2.30. The van der Waals surface area contributed by atoms with Gasteiger partial charge in [0.2, 0.25) is 5.91 Å². The molecule has 0 bridgehead atoms. The van der Waals surface area contributed by atoms with Gasteiger partial charge in [0.1, 0.15) is 0 Å². The second kappa shape index (κ2) is 8.02. The smallest absolute Gasteiger partial charge is 0.238 e. The van der Waals surface area contributed by atoms with E-state index in [1.165, 1.54) is 0 Å². The Morgan fingerprint density at radius 2 is 1.95 bits per heavy atom. The van der Waals surface area contributed by atoms with Gasteiger partial charge in [0, 0.05) is 19.4 Å². The number of para-hydroxylation sites is 1. The standard InChI is InChI=1S/C16H26N2O2/c1-16(2,3)13-8-5-6-9-14(13)18-15(19)12-17-10-7-11-20-4/h5-6,8-9,17H,7,10-12H2,1-4H3,(H,18,19). The fourth-order valence-corrected chi connectivity index (χ4v) is 1.98. The molecule has 1 aromatic rings. The summed E-state index contributed by atoms with van der Waals surface area (Å²) in [6.07, 6.45) is 0.905. The molecule has 0 aliphatic heterocycles. The van der Waals surface area contributed by atoms with Crippen LogP contribution in [0.25, 0.3) is 0 Å². The van der Waals surface area contributed by atoms with Crippen molar-refractivity contribution in [3.8, 4) is 0 Å². The summed E-state index contributed by atoms with van der Waals surface area (Å²) in [6.45, 7) is 8.23. The van der Waals surface area contributed by atoms with Crippen LogP contribution in [0, 0.1) is 0 Å². The van der Waals surface area contributed by atoms with Crippen LogP contribution in [0.3, 0.4) is 0 Å². The highest BCUT2D eigenvalue weighted by molar-refractivity contribution is 5.93. The van der Waals surface area contributed by atoms with Crippen LogP contribution < -0.4 is 10.6 Å². The van der Waals surface area contributed by atoms with Gasteiger partial charge in [0.25, 0.3) is 0 Å². The van der Waals surface area contributed by atoms with Gasteiger partial charge in [-0.05, 0) is 30.0 Å². The minimum Gasteiger partial charge on any atom is -0.385 e. The number of benzene rings is 1. The molecule has 2 N–H and O–H groups in total. The van der Waals surface area contributed by atoms with Crippen molar-refractivity contribution in [3.63, 3.8) is 0 Å². The van der Waals surface area contributed by atoms with Gasteiger partial charge in [-0.3, -0.25) is 4.79 Å². The van der Waals surface area contributed by atoms with Gasteiger partial charge >= 0.3 is 0 Å². The summed E-state index contributed by atoms with van der Waals surface area (Å²) < 4.78 is 4.96. The Morgan fingerprint density at radius 3 is 2.60 bits per heavy atom. The molecule has 0 saturated carbocycles. The monoisotopic (exact) mass is 278 g/mol. The van der Waals surface area contributed by atoms with E-state index in [-0.39, 0.29) is 11.3 Å². The molecule has 0 spiro atoms. The van der Waals surface area contributed by atoms with Crippen LogP contribution in [-0.2, 0) is 14.9 Å². The van der Waals surface area contributed by atoms with E-state index in [1.54, 1.807) is 7.11 Å². The molecular weight excluding hydrogens is 252 g/mol. The molecule has 0 aliphatic rings. The highest BCUT2D eigenvalue weighted by Crippen LogP contribution is 2.28. The Labute approximate surface area is 121 Å². The van der Waals surface area contributed by atoms with Crippen LogP contribution in [-0.4, -0.2) is 32.7 Å². The van der Waals surface area contributed by atoms with Gasteiger partial charge in [-0.2, -0.15) is 0 Å². The zero-order valence-electron chi connectivity index (χ0n) is 13.0. The Kier molecular flexibility index (Phi) is 6.68. The first-order valence-corrected chi connectivity index (χ1v) is 7.04. The van der Waals surface area contributed by atoms with E-state index in [2.05, 4.69) is 37.5 Å². The van der Waals surface area contributed by atoms with E-state index in [0.717, 1.165) is 24.2 Å². The minimum atomic E-state index is -0.0147. The van der Waals surface area contributed by atoms with Crippen LogP contribution in [0.1, 0.15) is 32.8 Å². The summed E-state index contributed by atoms with van der Waals surface area (Å²) in [6, 6.07) is 7.95. The minimum absolute atomic E-state index is 0.00969. The summed E-state index contributed by atoms with van der Waals surface area (Å²) in [4.78, 5) is 11.9. The fraction of sp³-hybridized carbons (Fsp3) is 0.562. The van der Waals surface area contributed by atoms with Crippen LogP contribution in [0.4, 0.5) is 5.69 Å². The van der Waals surface area contributed by atoms with Gasteiger partial charge < -0.3 is 15.4 Å². The summed E-state index contributed by atoms with van der Waals surface area (Å²) in [7, 11) is 1.68. The van der Waals surface area contributed by atoms with Crippen molar-refractivity contribution in [1.29, 1.82) is 0 Å². The summed E-state index contributed by atoms with van der Waals surface area (Å²) in [5, 5.41) is 6.08. The molecule has 20 heavy (non-hydrogen) atoms. The molecule has 1 rings (SSSR count). The normalized spacial score (nSPS) is 11.4. The quantitative estimate of drug-likeness (QED) is 0.754. The molecule has 4 heteroatoms. The van der Waals surface area contributed by atoms with E-state index < -0.39 is 0 Å². The predicted molar refractivity (Wildman–Crippen MR) is 83.1 cm³/mol. The van der Waals surface area contributed by atoms with Crippen molar-refractivity contribution in [1.82, 2.24) is 5.32 Å². The average Bonchev–Trinajstić information content (AvgIpc) is 2.38. The number of nitrogens with one attached hydrogen (secondary N) is 2. The SMILES string of the molecule is COCCCNCC(=O)Nc1ccccc1C(C)(C)C. The van der Waals surface area contributed by atoms with E-state index in [0.29, 0.717) is 13.2 Å². The van der Waals surface area contributed by atoms with Crippen LogP contribution >= 0.6 is 0 Å². The number of carbonyl (C=O) groups excluding carboxylic acids is 1. The molecule has 0 radical (unpaired) electrons. The highest BCUT2D eigenvalue weighted by atomic mass is 16.5. The molecule has 0 heterocycles. The highest BCUT2D eigenvalue weighted by Gasteiger charge is 2.18. The molecule has 0 saturated heterocycles. The predicted octanol–water partition coefficient (Wildman–Crippen LogP) is 2.55. The number of rotatable bonds is 7. The number of amides is 1. The molecule has 0 atom stereocenters. The molecule has 112 valence electrons. The van der Waals surface area contributed by atoms with Crippen LogP contribution in [0.2, 0.25) is 0 Å². The number of methoxy groups -OCH3 is 1. The summed E-state index contributed by atoms with van der Waals surface area (Å²) in [5.74, 6) is -0.0147. The number of anilines is 1. The van der Waals surface area contributed by atoms with Crippen molar-refractivity contribution < 1.29 is 9.53 Å². The van der Waals surface area contributed by atoms with Crippen molar-refractivity contribution in [2.75, 3.05) is 32.1 Å². The largest absolute Gasteiger partial charge is 0.385 e. The molecule has 4 nitrogen and oxygen atoms in total. The van der Waals surface area contributed by atoms with E-state index in [4.69, 9.17) is 4.74 Å². The zero-order valence-corrected chi connectivity index (χ0v) is 13.0. The van der Waals surface area contributed by atoms with Gasteiger partial charge in [0.15, 0.2) is 0 Å². The first-order valence-electron chi connectivity index (χ1n) is 7.04. The molecule has 0 unspecified atom stereocenters. The van der Waals surface area contributed by atoms with Crippen molar-refractivity contribution in [2.45, 2.75) is 32.6 Å². The molecule has 0 fully saturated rings. The first-order chi connectivity index (χ1) is 9.45. The van der Waals surface area contributed by atoms with E-state index in [1.807, 2.05) is 18.2 Å². The van der Waals surface area contributed by atoms with Gasteiger partial charge in [-0.1, -0.05) is 39.0 Å². The van der Waals surface area contributed by atoms with Crippen LogP contribution in [0.15, 0.2) is 24.3 Å². The van der Waals surface area contributed by atoms with E-state index in [9.17, 15) is 4.79 Å². The summed E-state index contributed by atoms with van der Waals surface area (Å²) in [5.41, 5.74) is 2.05. The Morgan fingerprint density at radius 1 is 1.25 bits per heavy atom. The molecule has 0 aromatic heterocycles. The number of hydrogen-bond donors (Lipinski definition) is 2. The van der Waals surface area contributed by atoms with Crippen molar-refractivity contribution in [3.05, 3.63) is 29.8 Å². The maximum Gasteiger partial charge on any atom is 0.238 e. The zero-order chi connectivity index (χ0) is 15.0. The fourth-order valence-electron chi connectivity index (χ4n) is 1.98. The third-order valence-electron chi connectivity index (χ3n) is 3.00. The number of carbonyl (C=O) groups is 1. The van der Waals surface area contributed by atoms with E-state index >= 15 is 0 Å². The molecule has 1 aromatic carbocycles. The lowest BCUT2D eigenvalue weighted by molar-refractivity contribution is -0.115. The van der Waals surface area contributed by atoms with Crippen molar-refractivity contribution in [2.24, 2.45) is 0 Å². The van der Waals surface area contributed by atoms with Gasteiger partial charge in [-0.25, -0.2) is 0 Å². The molecular formula is C16H26N2O2. The number of hydrogen-bond acceptors (Lipinski definition) is 3. The average molecular weight is 278 g/mol. The van der Waals surface area contributed by atoms with Crippen LogP contribution in [0.5, 0.6) is 0 Å².